The molecule has 1 aromatic carbocycles. The van der Waals surface area contributed by atoms with Crippen LogP contribution in [0, 0.1) is 6.92 Å². The summed E-state index contributed by atoms with van der Waals surface area (Å²) in [6.45, 7) is 5.81. The molecule has 4 rings (SSSR count). The maximum Gasteiger partial charge on any atom is 0.336 e. The lowest BCUT2D eigenvalue weighted by molar-refractivity contribution is 0.244. The van der Waals surface area contributed by atoms with Gasteiger partial charge in [0.05, 0.1) is 10.9 Å². The van der Waals surface area contributed by atoms with Crippen LogP contribution in [0.3, 0.4) is 0 Å². The maximum atomic E-state index is 12.7. The van der Waals surface area contributed by atoms with Gasteiger partial charge in [-0.2, -0.15) is 0 Å². The standard InChI is InChI=1S/C21H20O5/c1-4-6-12-10-16(23)26-21-17(12)19-14(8-7-13(5-2)25-19)20-18(21)15(22)9-11(3)24-20/h7-10,13H,4-6H2,1-3H3. The highest BCUT2D eigenvalue weighted by molar-refractivity contribution is 6.10. The number of rotatable bonds is 3. The Balaban J connectivity index is 2.27. The molecule has 26 heavy (non-hydrogen) atoms. The summed E-state index contributed by atoms with van der Waals surface area (Å²) in [5.41, 5.74) is 1.53. The zero-order valence-corrected chi connectivity index (χ0v) is 15.0. The number of ether oxygens (including phenoxy) is 1. The minimum Gasteiger partial charge on any atom is -0.485 e. The Morgan fingerprint density at radius 1 is 1.04 bits per heavy atom. The first-order valence-corrected chi connectivity index (χ1v) is 8.95. The quantitative estimate of drug-likeness (QED) is 0.518. The van der Waals surface area contributed by atoms with Crippen LogP contribution < -0.4 is 15.8 Å². The number of hydrogen-bond donors (Lipinski definition) is 0. The highest BCUT2D eigenvalue weighted by Gasteiger charge is 2.26. The van der Waals surface area contributed by atoms with E-state index in [0.717, 1.165) is 24.0 Å². The van der Waals surface area contributed by atoms with Gasteiger partial charge in [0.25, 0.3) is 0 Å². The third-order valence-corrected chi connectivity index (χ3v) is 4.73. The fourth-order valence-corrected chi connectivity index (χ4v) is 3.57. The van der Waals surface area contributed by atoms with Gasteiger partial charge in [-0.1, -0.05) is 20.3 Å². The van der Waals surface area contributed by atoms with Crippen molar-refractivity contribution < 1.29 is 13.6 Å². The molecule has 1 aliphatic heterocycles. The first-order valence-electron chi connectivity index (χ1n) is 8.95. The molecule has 3 aromatic rings. The van der Waals surface area contributed by atoms with Crippen molar-refractivity contribution in [3.8, 4) is 5.75 Å². The molecule has 0 N–H and O–H groups in total. The molecular weight excluding hydrogens is 332 g/mol. The maximum absolute atomic E-state index is 12.7. The van der Waals surface area contributed by atoms with Gasteiger partial charge < -0.3 is 13.6 Å². The summed E-state index contributed by atoms with van der Waals surface area (Å²) >= 11 is 0. The Labute approximate surface area is 149 Å². The summed E-state index contributed by atoms with van der Waals surface area (Å²) in [5.74, 6) is 1.13. The predicted octanol–water partition coefficient (Wildman–Crippen LogP) is 4.34. The predicted molar refractivity (Wildman–Crippen MR) is 101 cm³/mol. The van der Waals surface area contributed by atoms with Gasteiger partial charge in [-0.05, 0) is 37.5 Å². The first-order chi connectivity index (χ1) is 12.5. The Bertz CT molecular complexity index is 1160. The molecule has 0 bridgehead atoms. The highest BCUT2D eigenvalue weighted by Crippen LogP contribution is 2.42. The van der Waals surface area contributed by atoms with E-state index in [2.05, 4.69) is 0 Å². The van der Waals surface area contributed by atoms with Crippen LogP contribution >= 0.6 is 0 Å². The molecule has 1 atom stereocenters. The zero-order chi connectivity index (χ0) is 18.4. The van der Waals surface area contributed by atoms with Gasteiger partial charge in [-0.15, -0.1) is 0 Å². The Morgan fingerprint density at radius 3 is 2.58 bits per heavy atom. The molecule has 0 spiro atoms. The van der Waals surface area contributed by atoms with E-state index in [1.54, 1.807) is 6.92 Å². The van der Waals surface area contributed by atoms with Crippen molar-refractivity contribution in [2.75, 3.05) is 0 Å². The highest BCUT2D eigenvalue weighted by atomic mass is 16.5. The molecule has 1 unspecified atom stereocenters. The second-order valence-electron chi connectivity index (χ2n) is 6.64. The lowest BCUT2D eigenvalue weighted by Crippen LogP contribution is -2.17. The largest absolute Gasteiger partial charge is 0.485 e. The van der Waals surface area contributed by atoms with Gasteiger partial charge in [0.15, 0.2) is 16.6 Å². The van der Waals surface area contributed by atoms with Crippen LogP contribution in [-0.4, -0.2) is 6.10 Å². The van der Waals surface area contributed by atoms with Crippen LogP contribution in [0.5, 0.6) is 5.75 Å². The van der Waals surface area contributed by atoms with Gasteiger partial charge >= 0.3 is 5.63 Å². The fourth-order valence-electron chi connectivity index (χ4n) is 3.57. The van der Waals surface area contributed by atoms with Crippen molar-refractivity contribution in [1.29, 1.82) is 0 Å². The summed E-state index contributed by atoms with van der Waals surface area (Å²) in [5, 5.41) is 0.996. The van der Waals surface area contributed by atoms with E-state index in [9.17, 15) is 9.59 Å². The minimum atomic E-state index is -0.472. The van der Waals surface area contributed by atoms with E-state index in [1.165, 1.54) is 12.1 Å². The van der Waals surface area contributed by atoms with Crippen molar-refractivity contribution in [2.24, 2.45) is 0 Å². The van der Waals surface area contributed by atoms with Gasteiger partial charge in [-0.3, -0.25) is 4.79 Å². The van der Waals surface area contributed by atoms with E-state index in [4.69, 9.17) is 13.6 Å². The molecule has 0 saturated carbocycles. The minimum absolute atomic E-state index is 0.0684. The molecule has 0 fully saturated rings. The molecule has 3 heterocycles. The van der Waals surface area contributed by atoms with E-state index >= 15 is 0 Å². The van der Waals surface area contributed by atoms with Crippen molar-refractivity contribution in [3.63, 3.8) is 0 Å². The number of benzene rings is 1. The molecule has 0 radical (unpaired) electrons. The first kappa shape index (κ1) is 16.6. The van der Waals surface area contributed by atoms with Crippen LogP contribution in [0.15, 0.2) is 36.6 Å². The molecule has 5 heteroatoms. The van der Waals surface area contributed by atoms with E-state index in [1.807, 2.05) is 26.0 Å². The van der Waals surface area contributed by atoms with Crippen LogP contribution in [0.25, 0.3) is 28.0 Å². The average Bonchev–Trinajstić information content (AvgIpc) is 2.60. The summed E-state index contributed by atoms with van der Waals surface area (Å²) in [6, 6.07) is 2.92. The summed E-state index contributed by atoms with van der Waals surface area (Å²) in [6.07, 6.45) is 6.21. The molecule has 0 amide bonds. The molecule has 5 nitrogen and oxygen atoms in total. The van der Waals surface area contributed by atoms with E-state index < -0.39 is 5.63 Å². The molecule has 0 aliphatic carbocycles. The third-order valence-electron chi connectivity index (χ3n) is 4.73. The van der Waals surface area contributed by atoms with Crippen LogP contribution in [0.1, 0.15) is 43.6 Å². The van der Waals surface area contributed by atoms with Crippen molar-refractivity contribution in [2.45, 2.75) is 46.1 Å². The van der Waals surface area contributed by atoms with E-state index in [0.29, 0.717) is 34.3 Å². The molecule has 134 valence electrons. The van der Waals surface area contributed by atoms with Crippen LogP contribution in [-0.2, 0) is 6.42 Å². The second kappa shape index (κ2) is 6.16. The lowest BCUT2D eigenvalue weighted by Gasteiger charge is -2.23. The van der Waals surface area contributed by atoms with Crippen LogP contribution in [0.2, 0.25) is 0 Å². The van der Waals surface area contributed by atoms with Crippen LogP contribution in [0.4, 0.5) is 0 Å². The van der Waals surface area contributed by atoms with Crippen molar-refractivity contribution in [1.82, 2.24) is 0 Å². The monoisotopic (exact) mass is 352 g/mol. The Morgan fingerprint density at radius 2 is 1.85 bits per heavy atom. The van der Waals surface area contributed by atoms with Gasteiger partial charge in [0, 0.05) is 12.1 Å². The topological polar surface area (TPSA) is 69.7 Å². The summed E-state index contributed by atoms with van der Waals surface area (Å²) < 4.78 is 17.6. The lowest BCUT2D eigenvalue weighted by atomic mass is 9.96. The number of aryl methyl sites for hydroxylation is 2. The fraction of sp³-hybridized carbons (Fsp3) is 0.333. The van der Waals surface area contributed by atoms with Gasteiger partial charge in [0.2, 0.25) is 0 Å². The molecule has 0 saturated heterocycles. The van der Waals surface area contributed by atoms with Gasteiger partial charge in [0.1, 0.15) is 23.0 Å². The van der Waals surface area contributed by atoms with Crippen molar-refractivity contribution >= 4 is 28.0 Å². The molecule has 2 aromatic heterocycles. The summed E-state index contributed by atoms with van der Waals surface area (Å²) in [4.78, 5) is 24.8. The Kier molecular flexibility index (Phi) is 3.94. The third kappa shape index (κ3) is 2.46. The zero-order valence-electron chi connectivity index (χ0n) is 15.0. The Hall–Kier alpha value is -2.82. The SMILES string of the molecule is CCCc1cc(=O)oc2c1c1c(c3oc(C)cc(=O)c32)C=CC(CC)O1. The second-order valence-corrected chi connectivity index (χ2v) is 6.64. The van der Waals surface area contributed by atoms with Gasteiger partial charge in [-0.25, -0.2) is 4.79 Å². The smallest absolute Gasteiger partial charge is 0.336 e. The molecular formula is C21H20O5. The van der Waals surface area contributed by atoms with Crippen molar-refractivity contribution in [3.05, 3.63) is 55.7 Å². The molecule has 1 aliphatic rings. The average molecular weight is 352 g/mol. The normalized spacial score (nSPS) is 16.0. The van der Waals surface area contributed by atoms with E-state index in [-0.39, 0.29) is 17.1 Å². The number of fused-ring (bicyclic) bond motifs is 6. The number of hydrogen-bond acceptors (Lipinski definition) is 5. The summed E-state index contributed by atoms with van der Waals surface area (Å²) in [7, 11) is 0.